The molecule has 0 aromatic heterocycles. The molecule has 0 saturated carbocycles. The van der Waals surface area contributed by atoms with Crippen LogP contribution in [0, 0.1) is 0 Å². The molecule has 0 saturated heterocycles. The first kappa shape index (κ1) is 24.6. The monoisotopic (exact) mass is 471 g/mol. The van der Waals surface area contributed by atoms with E-state index in [-0.39, 0.29) is 47.3 Å². The largest absolute Gasteiger partial charge is 0.495 e. The van der Waals surface area contributed by atoms with Gasteiger partial charge in [-0.3, -0.25) is 9.10 Å². The van der Waals surface area contributed by atoms with Gasteiger partial charge in [0.2, 0.25) is 15.9 Å². The molecule has 0 aliphatic carbocycles. The second kappa shape index (κ2) is 10.6. The number of benzene rings is 2. The number of aliphatic hydroxyl groups excluding tert-OH is 1. The fraction of sp³-hybridized carbons (Fsp3) is 0.316. The normalized spacial score (nSPS) is 11.7. The van der Waals surface area contributed by atoms with E-state index in [0.29, 0.717) is 0 Å². The SMILES string of the molecule is COc1ccc(S(=O)(=O)NCCC(=O)NCCO)cc1N(C)S(=O)(=O)c1ccccc1. The fourth-order valence-corrected chi connectivity index (χ4v) is 4.90. The van der Waals surface area contributed by atoms with Crippen LogP contribution >= 0.6 is 0 Å². The zero-order chi connectivity index (χ0) is 23.1. The van der Waals surface area contributed by atoms with Crippen LogP contribution in [-0.2, 0) is 24.8 Å². The summed E-state index contributed by atoms with van der Waals surface area (Å²) in [6.07, 6.45) is -0.121. The third-order valence-electron chi connectivity index (χ3n) is 4.28. The van der Waals surface area contributed by atoms with Gasteiger partial charge in [-0.25, -0.2) is 21.6 Å². The van der Waals surface area contributed by atoms with Gasteiger partial charge < -0.3 is 15.2 Å². The van der Waals surface area contributed by atoms with E-state index < -0.39 is 26.0 Å². The number of ether oxygens (including phenoxy) is 1. The molecule has 12 heteroatoms. The summed E-state index contributed by atoms with van der Waals surface area (Å²) < 4.78 is 59.6. The summed E-state index contributed by atoms with van der Waals surface area (Å²) in [7, 11) is -5.34. The van der Waals surface area contributed by atoms with Crippen LogP contribution in [0.25, 0.3) is 0 Å². The Morgan fingerprint density at radius 3 is 2.32 bits per heavy atom. The van der Waals surface area contributed by atoms with E-state index in [2.05, 4.69) is 10.0 Å². The third kappa shape index (κ3) is 6.17. The molecular weight excluding hydrogens is 446 g/mol. The lowest BCUT2D eigenvalue weighted by Gasteiger charge is -2.22. The van der Waals surface area contributed by atoms with Crippen molar-refractivity contribution in [3.05, 3.63) is 48.5 Å². The maximum Gasteiger partial charge on any atom is 0.264 e. The van der Waals surface area contributed by atoms with Crippen LogP contribution in [0.2, 0.25) is 0 Å². The molecule has 0 radical (unpaired) electrons. The molecule has 3 N–H and O–H groups in total. The van der Waals surface area contributed by atoms with Gasteiger partial charge in [-0.2, -0.15) is 0 Å². The van der Waals surface area contributed by atoms with Crippen molar-refractivity contribution >= 4 is 31.6 Å². The molecule has 10 nitrogen and oxygen atoms in total. The number of methoxy groups -OCH3 is 1. The molecule has 0 unspecified atom stereocenters. The fourth-order valence-electron chi connectivity index (χ4n) is 2.63. The minimum Gasteiger partial charge on any atom is -0.495 e. The molecule has 31 heavy (non-hydrogen) atoms. The van der Waals surface area contributed by atoms with Crippen LogP contribution in [0.4, 0.5) is 5.69 Å². The number of rotatable bonds is 11. The molecular formula is C19H25N3O7S2. The average Bonchev–Trinajstić information content (AvgIpc) is 2.77. The van der Waals surface area contributed by atoms with Gasteiger partial charge in [0.25, 0.3) is 10.0 Å². The molecule has 1 amide bonds. The minimum atomic E-state index is -4.02. The Labute approximate surface area is 181 Å². The quantitative estimate of drug-likeness (QED) is 0.428. The Balaban J connectivity index is 2.28. The Kier molecular flexibility index (Phi) is 8.39. The van der Waals surface area contributed by atoms with Gasteiger partial charge in [0, 0.05) is 26.6 Å². The number of hydrogen-bond acceptors (Lipinski definition) is 7. The summed E-state index contributed by atoms with van der Waals surface area (Å²) in [5.74, 6) is -0.245. The lowest BCUT2D eigenvalue weighted by atomic mass is 10.3. The Morgan fingerprint density at radius 1 is 1.03 bits per heavy atom. The van der Waals surface area contributed by atoms with Gasteiger partial charge >= 0.3 is 0 Å². The number of carbonyl (C=O) groups excluding carboxylic acids is 1. The highest BCUT2D eigenvalue weighted by atomic mass is 32.2. The van der Waals surface area contributed by atoms with Crippen molar-refractivity contribution < 1.29 is 31.5 Å². The first-order chi connectivity index (χ1) is 14.6. The maximum absolute atomic E-state index is 12.9. The van der Waals surface area contributed by atoms with E-state index in [4.69, 9.17) is 9.84 Å². The first-order valence-electron chi connectivity index (χ1n) is 9.22. The lowest BCUT2D eigenvalue weighted by molar-refractivity contribution is -0.121. The number of hydrogen-bond donors (Lipinski definition) is 3. The Morgan fingerprint density at radius 2 is 1.71 bits per heavy atom. The lowest BCUT2D eigenvalue weighted by Crippen LogP contribution is -2.32. The van der Waals surface area contributed by atoms with Crippen LogP contribution in [0.15, 0.2) is 58.3 Å². The molecule has 0 fully saturated rings. The van der Waals surface area contributed by atoms with Crippen LogP contribution < -0.4 is 19.1 Å². The molecule has 0 spiro atoms. The van der Waals surface area contributed by atoms with Gasteiger partial charge in [-0.05, 0) is 30.3 Å². The number of anilines is 1. The van der Waals surface area contributed by atoms with E-state index in [1.165, 1.54) is 44.5 Å². The minimum absolute atomic E-state index is 0.0370. The van der Waals surface area contributed by atoms with Crippen LogP contribution in [-0.4, -0.2) is 61.7 Å². The summed E-state index contributed by atoms with van der Waals surface area (Å²) in [4.78, 5) is 11.4. The van der Waals surface area contributed by atoms with Gasteiger partial charge in [-0.1, -0.05) is 18.2 Å². The molecule has 0 heterocycles. The van der Waals surface area contributed by atoms with Crippen molar-refractivity contribution in [1.29, 1.82) is 0 Å². The molecule has 170 valence electrons. The van der Waals surface area contributed by atoms with Gasteiger partial charge in [-0.15, -0.1) is 0 Å². The Bertz CT molecular complexity index is 1100. The summed E-state index contributed by atoms with van der Waals surface area (Å²) in [6.45, 7) is -0.305. The number of amides is 1. The number of nitrogens with zero attached hydrogens (tertiary/aromatic N) is 1. The number of sulfonamides is 2. The van der Waals surface area contributed by atoms with E-state index in [9.17, 15) is 21.6 Å². The van der Waals surface area contributed by atoms with Gasteiger partial charge in [0.15, 0.2) is 0 Å². The van der Waals surface area contributed by atoms with Crippen molar-refractivity contribution in [2.45, 2.75) is 16.2 Å². The van der Waals surface area contributed by atoms with E-state index in [1.54, 1.807) is 18.2 Å². The standard InChI is InChI=1S/C19H25N3O7S2/c1-22(31(27,28)15-6-4-3-5-7-15)17-14-16(8-9-18(17)29-2)30(25,26)21-11-10-19(24)20-12-13-23/h3-9,14,21,23H,10-13H2,1-2H3,(H,20,24). The molecule has 0 aliphatic rings. The third-order valence-corrected chi connectivity index (χ3v) is 7.52. The summed E-state index contributed by atoms with van der Waals surface area (Å²) in [5, 5.41) is 11.1. The molecule has 0 atom stereocenters. The molecule has 2 rings (SSSR count). The second-order valence-corrected chi connectivity index (χ2v) is 10.1. The number of aliphatic hydroxyl groups is 1. The number of nitrogens with one attached hydrogen (secondary N) is 2. The van der Waals surface area contributed by atoms with Crippen molar-refractivity contribution in [3.8, 4) is 5.75 Å². The molecule has 2 aromatic rings. The van der Waals surface area contributed by atoms with Crippen molar-refractivity contribution in [2.24, 2.45) is 0 Å². The van der Waals surface area contributed by atoms with Crippen molar-refractivity contribution in [3.63, 3.8) is 0 Å². The van der Waals surface area contributed by atoms with E-state index in [0.717, 1.165) is 4.31 Å². The van der Waals surface area contributed by atoms with Crippen molar-refractivity contribution in [2.75, 3.05) is 38.2 Å². The van der Waals surface area contributed by atoms with Crippen LogP contribution in [0.1, 0.15) is 6.42 Å². The zero-order valence-electron chi connectivity index (χ0n) is 17.1. The van der Waals surface area contributed by atoms with Crippen molar-refractivity contribution in [1.82, 2.24) is 10.0 Å². The zero-order valence-corrected chi connectivity index (χ0v) is 18.7. The predicted molar refractivity (Wildman–Crippen MR) is 115 cm³/mol. The average molecular weight is 472 g/mol. The van der Waals surface area contributed by atoms with Gasteiger partial charge in [0.1, 0.15) is 5.75 Å². The molecule has 0 aliphatic heterocycles. The smallest absolute Gasteiger partial charge is 0.264 e. The maximum atomic E-state index is 12.9. The predicted octanol–water partition coefficient (Wildman–Crippen LogP) is 0.297. The number of carbonyl (C=O) groups is 1. The highest BCUT2D eigenvalue weighted by Crippen LogP contribution is 2.33. The van der Waals surface area contributed by atoms with Crippen LogP contribution in [0.3, 0.4) is 0 Å². The summed E-state index contributed by atoms with van der Waals surface area (Å²) >= 11 is 0. The Hall–Kier alpha value is -2.67. The van der Waals surface area contributed by atoms with E-state index >= 15 is 0 Å². The molecule has 0 bridgehead atoms. The highest BCUT2D eigenvalue weighted by Gasteiger charge is 2.26. The highest BCUT2D eigenvalue weighted by molar-refractivity contribution is 7.92. The van der Waals surface area contributed by atoms with Crippen LogP contribution in [0.5, 0.6) is 5.75 Å². The van der Waals surface area contributed by atoms with E-state index in [1.807, 2.05) is 0 Å². The molecule has 2 aromatic carbocycles. The topological polar surface area (TPSA) is 142 Å². The summed E-state index contributed by atoms with van der Waals surface area (Å²) in [6, 6.07) is 11.5. The first-order valence-corrected chi connectivity index (χ1v) is 12.1. The van der Waals surface area contributed by atoms with Gasteiger partial charge in [0.05, 0.1) is 29.2 Å². The second-order valence-electron chi connectivity index (χ2n) is 6.34. The summed E-state index contributed by atoms with van der Waals surface area (Å²) in [5.41, 5.74) is 0.0370.